The van der Waals surface area contributed by atoms with Crippen LogP contribution >= 0.6 is 15.9 Å². The Morgan fingerprint density at radius 2 is 1.92 bits per heavy atom. The van der Waals surface area contributed by atoms with Crippen molar-refractivity contribution in [3.8, 4) is 0 Å². The van der Waals surface area contributed by atoms with Gasteiger partial charge in [-0.2, -0.15) is 0 Å². The van der Waals surface area contributed by atoms with Crippen LogP contribution in [0.5, 0.6) is 0 Å². The third-order valence-electron chi connectivity index (χ3n) is 4.64. The molecule has 1 aromatic heterocycles. The number of rotatable bonds is 5. The first kappa shape index (κ1) is 18.6. The van der Waals surface area contributed by atoms with E-state index in [0.29, 0.717) is 31.5 Å². The van der Waals surface area contributed by atoms with E-state index in [-0.39, 0.29) is 17.9 Å². The average Bonchev–Trinajstić information content (AvgIpc) is 2.68. The van der Waals surface area contributed by atoms with Crippen LogP contribution in [0.4, 0.5) is 0 Å². The molecule has 0 bridgehead atoms. The van der Waals surface area contributed by atoms with E-state index in [1.165, 1.54) is 0 Å². The fraction of sp³-hybridized carbons (Fsp3) is 0.350. The lowest BCUT2D eigenvalue weighted by Crippen LogP contribution is -2.46. The van der Waals surface area contributed by atoms with Crippen LogP contribution in [0.3, 0.4) is 0 Å². The molecule has 2 amide bonds. The minimum Gasteiger partial charge on any atom is -0.353 e. The number of amides is 2. The van der Waals surface area contributed by atoms with Crippen molar-refractivity contribution in [2.75, 3.05) is 13.1 Å². The molecule has 1 fully saturated rings. The quantitative estimate of drug-likeness (QED) is 0.815. The van der Waals surface area contributed by atoms with E-state index >= 15 is 0 Å². The van der Waals surface area contributed by atoms with Gasteiger partial charge in [-0.25, -0.2) is 0 Å². The van der Waals surface area contributed by atoms with Crippen LogP contribution in [0.2, 0.25) is 0 Å². The zero-order valence-corrected chi connectivity index (χ0v) is 16.1. The van der Waals surface area contributed by atoms with Crippen molar-refractivity contribution < 1.29 is 9.59 Å². The molecule has 6 heteroatoms. The van der Waals surface area contributed by atoms with E-state index in [1.807, 2.05) is 29.2 Å². The molecule has 1 N–H and O–H groups in total. The fourth-order valence-electron chi connectivity index (χ4n) is 3.15. The van der Waals surface area contributed by atoms with Crippen molar-refractivity contribution in [3.05, 3.63) is 64.4 Å². The van der Waals surface area contributed by atoms with Crippen LogP contribution in [0.15, 0.2) is 53.3 Å². The minimum atomic E-state index is 0.0109. The summed E-state index contributed by atoms with van der Waals surface area (Å²) in [5.74, 6) is 0.0783. The zero-order chi connectivity index (χ0) is 18.4. The Kier molecular flexibility index (Phi) is 6.39. The fourth-order valence-corrected chi connectivity index (χ4v) is 3.63. The van der Waals surface area contributed by atoms with Gasteiger partial charge in [-0.3, -0.25) is 14.6 Å². The van der Waals surface area contributed by atoms with Crippen LogP contribution in [0, 0.1) is 0 Å². The summed E-state index contributed by atoms with van der Waals surface area (Å²) in [5.41, 5.74) is 1.75. The summed E-state index contributed by atoms with van der Waals surface area (Å²) in [6.45, 7) is 1.31. The number of benzene rings is 1. The maximum absolute atomic E-state index is 12.4. The lowest BCUT2D eigenvalue weighted by Gasteiger charge is -2.32. The van der Waals surface area contributed by atoms with E-state index in [1.54, 1.807) is 24.5 Å². The number of hydrogen-bond acceptors (Lipinski definition) is 3. The van der Waals surface area contributed by atoms with Gasteiger partial charge >= 0.3 is 0 Å². The summed E-state index contributed by atoms with van der Waals surface area (Å²) in [6.07, 6.45) is 6.01. The maximum atomic E-state index is 12.4. The van der Waals surface area contributed by atoms with E-state index in [4.69, 9.17) is 0 Å². The Hall–Kier alpha value is -2.21. The summed E-state index contributed by atoms with van der Waals surface area (Å²) < 4.78 is 1.04. The van der Waals surface area contributed by atoms with Crippen molar-refractivity contribution in [1.29, 1.82) is 0 Å². The Bertz CT molecular complexity index is 759. The highest BCUT2D eigenvalue weighted by molar-refractivity contribution is 9.10. The van der Waals surface area contributed by atoms with Gasteiger partial charge in [0.2, 0.25) is 5.91 Å². The van der Waals surface area contributed by atoms with Crippen molar-refractivity contribution in [2.45, 2.75) is 31.7 Å². The first-order valence-electron chi connectivity index (χ1n) is 8.85. The van der Waals surface area contributed by atoms with E-state index in [2.05, 4.69) is 26.2 Å². The van der Waals surface area contributed by atoms with Crippen LogP contribution in [0.25, 0.3) is 0 Å². The molecule has 2 heterocycles. The van der Waals surface area contributed by atoms with Crippen LogP contribution in [-0.4, -0.2) is 40.8 Å². The largest absolute Gasteiger partial charge is 0.353 e. The molecule has 0 saturated carbocycles. The standard InChI is InChI=1S/C20H22BrN3O2/c21-18-6-2-1-4-15(18)7-8-19(25)23-17-9-12-24(13-10-17)20(26)16-5-3-11-22-14-16/h1-6,11,14,17H,7-10,12-13H2,(H,23,25). The molecule has 0 atom stereocenters. The highest BCUT2D eigenvalue weighted by Crippen LogP contribution is 2.18. The average molecular weight is 416 g/mol. The highest BCUT2D eigenvalue weighted by atomic mass is 79.9. The van der Waals surface area contributed by atoms with Crippen molar-refractivity contribution in [2.24, 2.45) is 0 Å². The van der Waals surface area contributed by atoms with Gasteiger partial charge in [0.1, 0.15) is 0 Å². The SMILES string of the molecule is O=C(CCc1ccccc1Br)NC1CCN(C(=O)c2cccnc2)CC1. The molecule has 0 aliphatic carbocycles. The number of hydrogen-bond donors (Lipinski definition) is 1. The summed E-state index contributed by atoms with van der Waals surface area (Å²) in [7, 11) is 0. The number of nitrogens with one attached hydrogen (secondary N) is 1. The number of aryl methyl sites for hydroxylation is 1. The van der Waals surface area contributed by atoms with Crippen LogP contribution < -0.4 is 5.32 Å². The summed E-state index contributed by atoms with van der Waals surface area (Å²) >= 11 is 3.51. The van der Waals surface area contributed by atoms with Crippen LogP contribution in [0.1, 0.15) is 35.2 Å². The van der Waals surface area contributed by atoms with Gasteiger partial charge in [-0.05, 0) is 43.0 Å². The number of piperidine rings is 1. The number of likely N-dealkylation sites (tertiary alicyclic amines) is 1. The van der Waals surface area contributed by atoms with Gasteiger partial charge in [0.05, 0.1) is 5.56 Å². The zero-order valence-electron chi connectivity index (χ0n) is 14.5. The van der Waals surface area contributed by atoms with Crippen LogP contribution in [-0.2, 0) is 11.2 Å². The summed E-state index contributed by atoms with van der Waals surface area (Å²) in [4.78, 5) is 30.5. The normalized spacial score (nSPS) is 14.9. The molecule has 136 valence electrons. The van der Waals surface area contributed by atoms with Crippen molar-refractivity contribution in [3.63, 3.8) is 0 Å². The lowest BCUT2D eigenvalue weighted by atomic mass is 10.0. The molecule has 26 heavy (non-hydrogen) atoms. The molecule has 1 aliphatic rings. The predicted molar refractivity (Wildman–Crippen MR) is 104 cm³/mol. The van der Waals surface area contributed by atoms with Crippen molar-refractivity contribution >= 4 is 27.7 Å². The van der Waals surface area contributed by atoms with Gasteiger partial charge in [0.15, 0.2) is 0 Å². The van der Waals surface area contributed by atoms with Gasteiger partial charge in [-0.1, -0.05) is 34.1 Å². The number of carbonyl (C=O) groups excluding carboxylic acids is 2. The highest BCUT2D eigenvalue weighted by Gasteiger charge is 2.24. The molecule has 1 saturated heterocycles. The number of nitrogens with zero attached hydrogens (tertiary/aromatic N) is 2. The topological polar surface area (TPSA) is 62.3 Å². The molecule has 0 unspecified atom stereocenters. The second-order valence-electron chi connectivity index (χ2n) is 6.47. The third-order valence-corrected chi connectivity index (χ3v) is 5.41. The first-order valence-corrected chi connectivity index (χ1v) is 9.65. The predicted octanol–water partition coefficient (Wildman–Crippen LogP) is 3.20. The molecule has 0 spiro atoms. The van der Waals surface area contributed by atoms with E-state index in [0.717, 1.165) is 22.9 Å². The van der Waals surface area contributed by atoms with Gasteiger partial charge in [0, 0.05) is 42.4 Å². The smallest absolute Gasteiger partial charge is 0.255 e. The maximum Gasteiger partial charge on any atom is 0.255 e. The van der Waals surface area contributed by atoms with E-state index in [9.17, 15) is 9.59 Å². The van der Waals surface area contributed by atoms with Gasteiger partial charge in [0.25, 0.3) is 5.91 Å². The number of aromatic nitrogens is 1. The Balaban J connectivity index is 1.43. The summed E-state index contributed by atoms with van der Waals surface area (Å²) in [5, 5.41) is 3.10. The second kappa shape index (κ2) is 8.94. The second-order valence-corrected chi connectivity index (χ2v) is 7.32. The Morgan fingerprint density at radius 1 is 1.15 bits per heavy atom. The first-order chi connectivity index (χ1) is 12.6. The molecule has 1 aromatic carbocycles. The summed E-state index contributed by atoms with van der Waals surface area (Å²) in [6, 6.07) is 11.7. The lowest BCUT2D eigenvalue weighted by molar-refractivity contribution is -0.122. The molecule has 2 aromatic rings. The van der Waals surface area contributed by atoms with E-state index < -0.39 is 0 Å². The van der Waals surface area contributed by atoms with Gasteiger partial charge < -0.3 is 10.2 Å². The van der Waals surface area contributed by atoms with Gasteiger partial charge in [-0.15, -0.1) is 0 Å². The number of carbonyl (C=O) groups is 2. The molecule has 0 radical (unpaired) electrons. The Morgan fingerprint density at radius 3 is 2.62 bits per heavy atom. The molecule has 3 rings (SSSR count). The number of pyridine rings is 1. The molecule has 1 aliphatic heterocycles. The molecule has 5 nitrogen and oxygen atoms in total. The Labute approximate surface area is 161 Å². The minimum absolute atomic E-state index is 0.0109. The van der Waals surface area contributed by atoms with Crippen molar-refractivity contribution in [1.82, 2.24) is 15.2 Å². The molecular weight excluding hydrogens is 394 g/mol. The molecular formula is C20H22BrN3O2. The third kappa shape index (κ3) is 4.91. The number of halogens is 1. The monoisotopic (exact) mass is 415 g/mol.